The Hall–Kier alpha value is -2.07. The largest absolute Gasteiger partial charge is 0.443 e. The summed E-state index contributed by atoms with van der Waals surface area (Å²) in [4.78, 5) is -0.167. The Bertz CT molecular complexity index is 1150. The Morgan fingerprint density at radius 3 is 2.48 bits per heavy atom. The Balaban J connectivity index is 2.02. The van der Waals surface area contributed by atoms with E-state index in [1.54, 1.807) is 24.3 Å². The number of sulfonamides is 1. The van der Waals surface area contributed by atoms with E-state index in [9.17, 15) is 16.8 Å². The topological polar surface area (TPSA) is 119 Å². The standard InChI is InChI=1S/C17H17ClN2O5S2/c18-13-6-7-16(26(21,22)9-3-8-19)14(11-13)20-27(23,24)17-10-12-4-1-2-5-15(12)25-17/h1-2,4-7,10-11,20H,3,8-9,19H2. The van der Waals surface area contributed by atoms with Crippen molar-refractivity contribution < 1.29 is 21.3 Å². The molecule has 0 aliphatic heterocycles. The van der Waals surface area contributed by atoms with Crippen molar-refractivity contribution in [2.75, 3.05) is 17.0 Å². The number of sulfone groups is 1. The van der Waals surface area contributed by atoms with E-state index in [0.717, 1.165) is 0 Å². The summed E-state index contributed by atoms with van der Waals surface area (Å²) in [6.45, 7) is 0.201. The van der Waals surface area contributed by atoms with Crippen LogP contribution in [0.3, 0.4) is 0 Å². The molecule has 0 saturated heterocycles. The van der Waals surface area contributed by atoms with Gasteiger partial charge in [0.25, 0.3) is 10.0 Å². The molecule has 0 fully saturated rings. The molecule has 0 aliphatic carbocycles. The van der Waals surface area contributed by atoms with Crippen molar-refractivity contribution in [3.63, 3.8) is 0 Å². The number of nitrogens with one attached hydrogen (secondary N) is 1. The van der Waals surface area contributed by atoms with Crippen molar-refractivity contribution in [1.82, 2.24) is 0 Å². The zero-order valence-electron chi connectivity index (χ0n) is 14.1. The lowest BCUT2D eigenvalue weighted by atomic mass is 10.3. The van der Waals surface area contributed by atoms with Gasteiger partial charge >= 0.3 is 0 Å². The quantitative estimate of drug-likeness (QED) is 0.596. The number of hydrogen-bond donors (Lipinski definition) is 2. The highest BCUT2D eigenvalue weighted by Gasteiger charge is 2.25. The van der Waals surface area contributed by atoms with Gasteiger partial charge in [-0.25, -0.2) is 8.42 Å². The van der Waals surface area contributed by atoms with Gasteiger partial charge in [-0.15, -0.1) is 0 Å². The van der Waals surface area contributed by atoms with Crippen LogP contribution in [-0.4, -0.2) is 29.1 Å². The van der Waals surface area contributed by atoms with Crippen LogP contribution in [0.5, 0.6) is 0 Å². The highest BCUT2D eigenvalue weighted by Crippen LogP contribution is 2.30. The third-order valence-electron chi connectivity index (χ3n) is 3.81. The molecule has 1 aromatic heterocycles. The van der Waals surface area contributed by atoms with E-state index in [-0.39, 0.29) is 39.4 Å². The van der Waals surface area contributed by atoms with Gasteiger partial charge in [0.2, 0.25) is 5.09 Å². The van der Waals surface area contributed by atoms with Crippen LogP contribution in [0.25, 0.3) is 11.0 Å². The van der Waals surface area contributed by atoms with Gasteiger partial charge in [0.1, 0.15) is 5.58 Å². The average molecular weight is 429 g/mol. The minimum Gasteiger partial charge on any atom is -0.443 e. The van der Waals surface area contributed by atoms with Crippen molar-refractivity contribution in [3.05, 3.63) is 53.6 Å². The molecule has 0 bridgehead atoms. The molecule has 27 heavy (non-hydrogen) atoms. The molecule has 3 rings (SSSR count). The number of anilines is 1. The van der Waals surface area contributed by atoms with Crippen LogP contribution in [0, 0.1) is 0 Å². The van der Waals surface area contributed by atoms with E-state index < -0.39 is 19.9 Å². The molecular formula is C17H17ClN2O5S2. The molecule has 0 aliphatic rings. The molecule has 0 radical (unpaired) electrons. The number of furan rings is 1. The first-order chi connectivity index (χ1) is 12.7. The van der Waals surface area contributed by atoms with Crippen molar-refractivity contribution >= 4 is 48.1 Å². The van der Waals surface area contributed by atoms with Crippen LogP contribution < -0.4 is 10.5 Å². The molecule has 0 saturated carbocycles. The number of benzene rings is 2. The lowest BCUT2D eigenvalue weighted by Crippen LogP contribution is -2.17. The van der Waals surface area contributed by atoms with Gasteiger partial charge in [-0.05, 0) is 37.2 Å². The number of para-hydroxylation sites is 1. The molecule has 0 unspecified atom stereocenters. The summed E-state index contributed by atoms with van der Waals surface area (Å²) in [5.74, 6) is -0.204. The molecular weight excluding hydrogens is 412 g/mol. The second kappa shape index (κ2) is 7.51. The van der Waals surface area contributed by atoms with Crippen LogP contribution >= 0.6 is 11.6 Å². The maximum absolute atomic E-state index is 12.7. The average Bonchev–Trinajstić information content (AvgIpc) is 3.05. The maximum atomic E-state index is 12.7. The van der Waals surface area contributed by atoms with E-state index >= 15 is 0 Å². The lowest BCUT2D eigenvalue weighted by molar-refractivity contribution is 0.484. The highest BCUT2D eigenvalue weighted by atomic mass is 35.5. The van der Waals surface area contributed by atoms with Crippen molar-refractivity contribution in [3.8, 4) is 0 Å². The SMILES string of the molecule is NCCCS(=O)(=O)c1ccc(Cl)cc1NS(=O)(=O)c1cc2ccccc2o1. The summed E-state index contributed by atoms with van der Waals surface area (Å²) in [5, 5.41) is 0.476. The second-order valence-electron chi connectivity index (χ2n) is 5.81. The van der Waals surface area contributed by atoms with E-state index in [0.29, 0.717) is 11.0 Å². The molecule has 0 spiro atoms. The van der Waals surface area contributed by atoms with Gasteiger partial charge < -0.3 is 10.2 Å². The van der Waals surface area contributed by atoms with Crippen molar-refractivity contribution in [2.45, 2.75) is 16.4 Å². The van der Waals surface area contributed by atoms with Gasteiger partial charge in [-0.2, -0.15) is 8.42 Å². The number of fused-ring (bicyclic) bond motifs is 1. The van der Waals surface area contributed by atoms with Gasteiger partial charge in [0.15, 0.2) is 9.84 Å². The number of hydrogen-bond acceptors (Lipinski definition) is 6. The smallest absolute Gasteiger partial charge is 0.295 e. The molecule has 3 N–H and O–H groups in total. The molecule has 0 amide bonds. The fourth-order valence-corrected chi connectivity index (χ4v) is 5.29. The first-order valence-corrected chi connectivity index (χ1v) is 11.5. The highest BCUT2D eigenvalue weighted by molar-refractivity contribution is 7.93. The first-order valence-electron chi connectivity index (χ1n) is 7.97. The van der Waals surface area contributed by atoms with Gasteiger partial charge in [0, 0.05) is 16.5 Å². The Morgan fingerprint density at radius 1 is 1.04 bits per heavy atom. The third kappa shape index (κ3) is 4.27. The molecule has 3 aromatic rings. The minimum atomic E-state index is -4.16. The number of nitrogens with two attached hydrogens (primary N) is 1. The summed E-state index contributed by atoms with van der Waals surface area (Å²) < 4.78 is 58.1. The predicted molar refractivity (Wildman–Crippen MR) is 104 cm³/mol. The molecule has 7 nitrogen and oxygen atoms in total. The fourth-order valence-electron chi connectivity index (χ4n) is 2.52. The van der Waals surface area contributed by atoms with Gasteiger partial charge in [0.05, 0.1) is 16.3 Å². The summed E-state index contributed by atoms with van der Waals surface area (Å²) in [6, 6.07) is 12.1. The third-order valence-corrected chi connectivity index (χ3v) is 7.11. The van der Waals surface area contributed by atoms with Gasteiger partial charge in [-0.1, -0.05) is 29.8 Å². The van der Waals surface area contributed by atoms with E-state index in [4.69, 9.17) is 21.8 Å². The maximum Gasteiger partial charge on any atom is 0.295 e. The predicted octanol–water partition coefficient (Wildman–Crippen LogP) is 3.01. The van der Waals surface area contributed by atoms with Crippen LogP contribution in [0.15, 0.2) is 62.9 Å². The normalized spacial score (nSPS) is 12.4. The Kier molecular flexibility index (Phi) is 5.48. The zero-order valence-corrected chi connectivity index (χ0v) is 16.4. The minimum absolute atomic E-state index is 0.139. The fraction of sp³-hybridized carbons (Fsp3) is 0.176. The van der Waals surface area contributed by atoms with Gasteiger partial charge in [-0.3, -0.25) is 4.72 Å². The zero-order chi connectivity index (χ0) is 19.7. The van der Waals surface area contributed by atoms with Crippen molar-refractivity contribution in [1.29, 1.82) is 0 Å². The van der Waals surface area contributed by atoms with Crippen LogP contribution in [0.1, 0.15) is 6.42 Å². The van der Waals surface area contributed by atoms with E-state index in [2.05, 4.69) is 4.72 Å². The lowest BCUT2D eigenvalue weighted by Gasteiger charge is -2.12. The first kappa shape index (κ1) is 19.7. The number of halogens is 1. The van der Waals surface area contributed by atoms with E-state index in [1.807, 2.05) is 0 Å². The number of rotatable bonds is 7. The molecule has 10 heteroatoms. The summed E-state index contributed by atoms with van der Waals surface area (Å²) in [6.07, 6.45) is 0.251. The molecule has 1 heterocycles. The molecule has 144 valence electrons. The molecule has 0 atom stereocenters. The van der Waals surface area contributed by atoms with Crippen LogP contribution in [0.4, 0.5) is 5.69 Å². The molecule has 2 aromatic carbocycles. The second-order valence-corrected chi connectivity index (χ2v) is 9.94. The Labute approximate surface area is 162 Å². The van der Waals surface area contributed by atoms with Crippen LogP contribution in [0.2, 0.25) is 5.02 Å². The monoisotopic (exact) mass is 428 g/mol. The summed E-state index contributed by atoms with van der Waals surface area (Å²) in [7, 11) is -7.90. The Morgan fingerprint density at radius 2 is 1.78 bits per heavy atom. The summed E-state index contributed by atoms with van der Waals surface area (Å²) in [5.41, 5.74) is 5.64. The van der Waals surface area contributed by atoms with Crippen LogP contribution in [-0.2, 0) is 19.9 Å². The van der Waals surface area contributed by atoms with Crippen molar-refractivity contribution in [2.24, 2.45) is 5.73 Å². The summed E-state index contributed by atoms with van der Waals surface area (Å²) >= 11 is 5.94. The van der Waals surface area contributed by atoms with E-state index in [1.165, 1.54) is 24.3 Å².